The van der Waals surface area contributed by atoms with Crippen molar-refractivity contribution in [2.24, 2.45) is 0 Å². The van der Waals surface area contributed by atoms with Crippen molar-refractivity contribution < 1.29 is 28.9 Å². The van der Waals surface area contributed by atoms with Crippen LogP contribution in [-0.4, -0.2) is 55.6 Å². The van der Waals surface area contributed by atoms with Crippen molar-refractivity contribution in [3.8, 4) is 11.5 Å². The van der Waals surface area contributed by atoms with Gasteiger partial charge in [-0.05, 0) is 55.3 Å². The first-order valence-corrected chi connectivity index (χ1v) is 11.6. The molecule has 0 radical (unpaired) electrons. The summed E-state index contributed by atoms with van der Waals surface area (Å²) in [4.78, 5) is 24.7. The van der Waals surface area contributed by atoms with Gasteiger partial charge in [0.1, 0.15) is 23.7 Å². The van der Waals surface area contributed by atoms with E-state index in [1.165, 1.54) is 0 Å². The largest absolute Gasteiger partial charge is 0.497 e. The van der Waals surface area contributed by atoms with Crippen LogP contribution < -0.4 is 25.4 Å². The van der Waals surface area contributed by atoms with Crippen molar-refractivity contribution in [2.75, 3.05) is 30.9 Å². The maximum Gasteiger partial charge on any atom is 0.323 e. The molecule has 182 valence electrons. The number of methoxy groups -OCH3 is 1. The van der Waals surface area contributed by atoms with Crippen LogP contribution >= 0.6 is 0 Å². The Morgan fingerprint density at radius 3 is 2.56 bits per heavy atom. The second-order valence-corrected chi connectivity index (χ2v) is 8.52. The first-order valence-electron chi connectivity index (χ1n) is 11.6. The van der Waals surface area contributed by atoms with Crippen molar-refractivity contribution in [3.05, 3.63) is 48.0 Å². The summed E-state index contributed by atoms with van der Waals surface area (Å²) in [7, 11) is 1.59. The molecule has 2 heterocycles. The molecule has 2 aromatic carbocycles. The Morgan fingerprint density at radius 1 is 1.12 bits per heavy atom. The normalized spacial score (nSPS) is 22.7. The average molecular weight is 470 g/mol. The number of urea groups is 1. The highest BCUT2D eigenvalue weighted by atomic mass is 16.6. The van der Waals surface area contributed by atoms with Gasteiger partial charge in [0.05, 0.1) is 26.2 Å². The Hall–Kier alpha value is -3.30. The zero-order chi connectivity index (χ0) is 24.1. The number of benzene rings is 2. The van der Waals surface area contributed by atoms with Gasteiger partial charge in [0.2, 0.25) is 5.91 Å². The first-order chi connectivity index (χ1) is 16.5. The number of hydrogen-bond acceptors (Lipinski definition) is 6. The van der Waals surface area contributed by atoms with Crippen LogP contribution in [0.4, 0.5) is 16.2 Å². The van der Waals surface area contributed by atoms with E-state index in [2.05, 4.69) is 16.0 Å². The predicted octanol–water partition coefficient (Wildman–Crippen LogP) is 3.25. The molecule has 34 heavy (non-hydrogen) atoms. The van der Waals surface area contributed by atoms with Gasteiger partial charge >= 0.3 is 6.03 Å². The third kappa shape index (κ3) is 5.43. The van der Waals surface area contributed by atoms with E-state index in [1.807, 2.05) is 19.1 Å². The number of aliphatic hydroxyl groups is 1. The van der Waals surface area contributed by atoms with E-state index >= 15 is 0 Å². The van der Waals surface area contributed by atoms with Crippen LogP contribution in [0.25, 0.3) is 0 Å². The molecule has 0 spiro atoms. The highest BCUT2D eigenvalue weighted by molar-refractivity contribution is 5.99. The minimum Gasteiger partial charge on any atom is -0.497 e. The van der Waals surface area contributed by atoms with Crippen molar-refractivity contribution >= 4 is 23.3 Å². The number of aliphatic hydroxyl groups excluding tert-OH is 1. The molecule has 1 fully saturated rings. The molecule has 1 saturated heterocycles. The van der Waals surface area contributed by atoms with Gasteiger partial charge in [0, 0.05) is 29.4 Å². The second kappa shape index (κ2) is 10.8. The fraction of sp³-hybridized carbons (Fsp3) is 0.440. The van der Waals surface area contributed by atoms with Crippen LogP contribution in [0.2, 0.25) is 0 Å². The van der Waals surface area contributed by atoms with Crippen LogP contribution in [0.3, 0.4) is 0 Å². The molecule has 4 atom stereocenters. The predicted molar refractivity (Wildman–Crippen MR) is 128 cm³/mol. The number of carbonyl (C=O) groups excluding carboxylic acids is 2. The summed E-state index contributed by atoms with van der Waals surface area (Å²) in [6.07, 6.45) is 0.513. The number of ether oxygens (including phenoxy) is 3. The number of anilines is 2. The van der Waals surface area contributed by atoms with E-state index in [1.54, 1.807) is 37.4 Å². The number of nitrogens with one attached hydrogen (secondary N) is 3. The Bertz CT molecular complexity index is 1010. The number of rotatable bonds is 8. The molecule has 0 unspecified atom stereocenters. The molecule has 2 aliphatic heterocycles. The zero-order valence-corrected chi connectivity index (χ0v) is 19.4. The summed E-state index contributed by atoms with van der Waals surface area (Å²) < 4.78 is 17.2. The summed E-state index contributed by atoms with van der Waals surface area (Å²) >= 11 is 0. The maximum atomic E-state index is 12.5. The molecule has 4 N–H and O–H groups in total. The van der Waals surface area contributed by atoms with E-state index in [0.29, 0.717) is 35.8 Å². The molecular weight excluding hydrogens is 438 g/mol. The molecule has 0 saturated carbocycles. The Labute approximate surface area is 198 Å². The fourth-order valence-electron chi connectivity index (χ4n) is 4.48. The summed E-state index contributed by atoms with van der Waals surface area (Å²) in [5.74, 6) is 1.30. The molecular formula is C25H31N3O6. The number of amides is 3. The number of hydrogen-bond donors (Lipinski definition) is 4. The zero-order valence-electron chi connectivity index (χ0n) is 19.4. The van der Waals surface area contributed by atoms with E-state index in [4.69, 9.17) is 14.2 Å². The Kier molecular flexibility index (Phi) is 7.54. The third-order valence-corrected chi connectivity index (χ3v) is 6.09. The van der Waals surface area contributed by atoms with Gasteiger partial charge in [-0.15, -0.1) is 0 Å². The lowest BCUT2D eigenvalue weighted by Gasteiger charge is -2.37. The highest BCUT2D eigenvalue weighted by Gasteiger charge is 2.46. The van der Waals surface area contributed by atoms with E-state index in [9.17, 15) is 14.7 Å². The molecule has 0 aliphatic carbocycles. The quantitative estimate of drug-likeness (QED) is 0.471. The lowest BCUT2D eigenvalue weighted by Crippen LogP contribution is -2.47. The van der Waals surface area contributed by atoms with Gasteiger partial charge in [-0.25, -0.2) is 4.79 Å². The van der Waals surface area contributed by atoms with Gasteiger partial charge in [-0.2, -0.15) is 0 Å². The van der Waals surface area contributed by atoms with Crippen LogP contribution in [0, 0.1) is 0 Å². The molecule has 9 heteroatoms. The summed E-state index contributed by atoms with van der Waals surface area (Å²) in [5.41, 5.74) is 2.20. The molecule has 3 amide bonds. The SMILES string of the molecule is CCCNC(=O)C[C@H]1C[C@@H]2c3cc(NC(=O)Nc4ccc(OC)cc4)ccc3O[C@@H]2[C@@H](CO)O1. The lowest BCUT2D eigenvalue weighted by molar-refractivity contribution is -0.142. The molecule has 2 aromatic rings. The summed E-state index contributed by atoms with van der Waals surface area (Å²) in [6, 6.07) is 12.2. The number of fused-ring (bicyclic) bond motifs is 3. The van der Waals surface area contributed by atoms with Crippen LogP contribution in [-0.2, 0) is 9.53 Å². The minimum atomic E-state index is -0.523. The fourth-order valence-corrected chi connectivity index (χ4v) is 4.48. The second-order valence-electron chi connectivity index (χ2n) is 8.52. The van der Waals surface area contributed by atoms with Gasteiger partial charge in [0.15, 0.2) is 0 Å². The van der Waals surface area contributed by atoms with Crippen molar-refractivity contribution in [3.63, 3.8) is 0 Å². The lowest BCUT2D eigenvalue weighted by atomic mass is 9.84. The number of carbonyl (C=O) groups is 2. The third-order valence-electron chi connectivity index (χ3n) is 6.09. The minimum absolute atomic E-state index is 0.0451. The topological polar surface area (TPSA) is 118 Å². The van der Waals surface area contributed by atoms with Gasteiger partial charge in [-0.1, -0.05) is 6.92 Å². The van der Waals surface area contributed by atoms with Gasteiger partial charge in [0.25, 0.3) is 0 Å². The van der Waals surface area contributed by atoms with Crippen molar-refractivity contribution in [1.82, 2.24) is 5.32 Å². The monoisotopic (exact) mass is 469 g/mol. The van der Waals surface area contributed by atoms with E-state index in [-0.39, 0.29) is 43.1 Å². The average Bonchev–Trinajstić information content (AvgIpc) is 3.20. The Balaban J connectivity index is 1.43. The van der Waals surface area contributed by atoms with Crippen molar-refractivity contribution in [1.29, 1.82) is 0 Å². The molecule has 0 aromatic heterocycles. The first kappa shape index (κ1) is 23.8. The molecule has 2 aliphatic rings. The van der Waals surface area contributed by atoms with Crippen LogP contribution in [0.5, 0.6) is 11.5 Å². The molecule has 9 nitrogen and oxygen atoms in total. The highest BCUT2D eigenvalue weighted by Crippen LogP contribution is 2.47. The van der Waals surface area contributed by atoms with Gasteiger partial charge in [-0.3, -0.25) is 4.79 Å². The summed E-state index contributed by atoms with van der Waals surface area (Å²) in [5, 5.41) is 18.4. The summed E-state index contributed by atoms with van der Waals surface area (Å²) in [6.45, 7) is 2.43. The van der Waals surface area contributed by atoms with E-state index < -0.39 is 6.10 Å². The van der Waals surface area contributed by atoms with Crippen LogP contribution in [0.1, 0.15) is 37.7 Å². The molecule has 4 rings (SSSR count). The molecule has 0 bridgehead atoms. The standard InChI is InChI=1S/C25H31N3O6/c1-3-10-26-23(30)13-18-12-20-19-11-16(6-9-21(19)34-24(20)22(14-29)33-18)28-25(31)27-15-4-7-17(32-2)8-5-15/h4-9,11,18,20,22,24,29H,3,10,12-14H2,1-2H3,(H,26,30)(H2,27,28,31)/t18-,20-,22-,24+/m1/s1. The maximum absolute atomic E-state index is 12.5. The smallest absolute Gasteiger partial charge is 0.323 e. The van der Waals surface area contributed by atoms with Crippen molar-refractivity contribution in [2.45, 2.75) is 50.4 Å². The Morgan fingerprint density at radius 2 is 1.85 bits per heavy atom. The van der Waals surface area contributed by atoms with E-state index in [0.717, 1.165) is 12.0 Å². The van der Waals surface area contributed by atoms with Gasteiger partial charge < -0.3 is 35.3 Å². The van der Waals surface area contributed by atoms with Crippen LogP contribution in [0.15, 0.2) is 42.5 Å².